The molecule has 242 valence electrons. The number of halogens is 6. The monoisotopic (exact) mass is 655 g/mol. The molecule has 0 radical (unpaired) electrons. The molecule has 7 nitrogen and oxygen atoms in total. The number of carbonyl (C=O) groups excluding carboxylic acids is 1. The number of aldehydes is 1. The number of hydrogen-bond acceptors (Lipinski definition) is 9. The number of aromatic nitrogens is 4. The summed E-state index contributed by atoms with van der Waals surface area (Å²) in [6.07, 6.45) is -0.238. The van der Waals surface area contributed by atoms with Gasteiger partial charge in [0, 0.05) is 31.1 Å². The second kappa shape index (κ2) is 19.4. The Kier molecular flexibility index (Phi) is 16.8. The molecule has 3 rings (SSSR count). The van der Waals surface area contributed by atoms with Crippen LogP contribution >= 0.6 is 23.5 Å². The first-order valence-corrected chi connectivity index (χ1v) is 16.4. The van der Waals surface area contributed by atoms with Gasteiger partial charge in [-0.2, -0.15) is 26.3 Å². The topological polar surface area (TPSA) is 81.1 Å². The fourth-order valence-electron chi connectivity index (χ4n) is 3.85. The van der Waals surface area contributed by atoms with E-state index in [0.717, 1.165) is 74.9 Å². The van der Waals surface area contributed by atoms with Crippen molar-refractivity contribution in [2.75, 3.05) is 37.8 Å². The van der Waals surface area contributed by atoms with Crippen molar-refractivity contribution in [1.82, 2.24) is 24.8 Å². The van der Waals surface area contributed by atoms with Crippen LogP contribution in [0.4, 0.5) is 26.3 Å². The minimum atomic E-state index is -4.56. The summed E-state index contributed by atoms with van der Waals surface area (Å²) < 4.78 is 82.2. The molecule has 0 bridgehead atoms. The third kappa shape index (κ3) is 15.0. The number of carbonyl (C=O) groups is 1. The van der Waals surface area contributed by atoms with Gasteiger partial charge in [-0.05, 0) is 25.0 Å². The average molecular weight is 656 g/mol. The van der Waals surface area contributed by atoms with Crippen molar-refractivity contribution in [2.45, 2.75) is 94.4 Å². The summed E-state index contributed by atoms with van der Waals surface area (Å²) >= 11 is 2.46. The van der Waals surface area contributed by atoms with Crippen molar-refractivity contribution in [2.24, 2.45) is 0 Å². The average Bonchev–Trinajstić information content (AvgIpc) is 2.96. The van der Waals surface area contributed by atoms with Gasteiger partial charge in [0.1, 0.15) is 17.1 Å². The fourth-order valence-corrected chi connectivity index (χ4v) is 5.59. The quantitative estimate of drug-likeness (QED) is 0.0624. The van der Waals surface area contributed by atoms with E-state index in [1.54, 1.807) is 0 Å². The van der Waals surface area contributed by atoms with Gasteiger partial charge in [-0.3, -0.25) is 9.69 Å². The molecule has 1 aliphatic rings. The van der Waals surface area contributed by atoms with Crippen molar-refractivity contribution in [3.63, 3.8) is 0 Å². The van der Waals surface area contributed by atoms with E-state index in [2.05, 4.69) is 38.7 Å². The highest BCUT2D eigenvalue weighted by molar-refractivity contribution is 7.99. The maximum Gasteiger partial charge on any atom is 0.433 e. The van der Waals surface area contributed by atoms with Gasteiger partial charge < -0.3 is 4.74 Å². The molecule has 1 saturated heterocycles. The Morgan fingerprint density at radius 3 is 1.77 bits per heavy atom. The minimum absolute atomic E-state index is 0.00780. The largest absolute Gasteiger partial charge is 0.433 e. The van der Waals surface area contributed by atoms with Crippen molar-refractivity contribution in [1.29, 1.82) is 0 Å². The van der Waals surface area contributed by atoms with Gasteiger partial charge in [0.2, 0.25) is 0 Å². The van der Waals surface area contributed by atoms with Crippen LogP contribution in [0, 0.1) is 0 Å². The van der Waals surface area contributed by atoms with Crippen molar-refractivity contribution in [3.05, 3.63) is 34.9 Å². The molecule has 0 N–H and O–H groups in total. The number of ether oxygens (including phenoxy) is 1. The van der Waals surface area contributed by atoms with Gasteiger partial charge in [0.15, 0.2) is 16.6 Å². The number of nitrogens with zero attached hydrogens (tertiary/aromatic N) is 5. The van der Waals surface area contributed by atoms with Gasteiger partial charge in [-0.1, -0.05) is 75.9 Å². The van der Waals surface area contributed by atoms with Gasteiger partial charge in [-0.15, -0.1) is 0 Å². The third-order valence-corrected chi connectivity index (χ3v) is 8.00. The molecule has 0 atom stereocenters. The zero-order chi connectivity index (χ0) is 31.7. The van der Waals surface area contributed by atoms with E-state index in [4.69, 9.17) is 4.74 Å². The van der Waals surface area contributed by atoms with Crippen LogP contribution in [0.5, 0.6) is 0 Å². The molecular weight excluding hydrogens is 616 g/mol. The number of unbranched alkanes of at least 4 members (excludes halogenated alkanes) is 6. The SMILES string of the molecule is CCCCCCSc1nc(C=O)cc(C(F)(F)F)n1.CCCCCCSc1nc(CN2CCOCC2)cc(C(F)(F)F)n1. The lowest BCUT2D eigenvalue weighted by Crippen LogP contribution is -2.36. The highest BCUT2D eigenvalue weighted by Crippen LogP contribution is 2.31. The Balaban J connectivity index is 0.000000309. The van der Waals surface area contributed by atoms with Gasteiger partial charge >= 0.3 is 12.4 Å². The molecule has 0 aromatic carbocycles. The highest BCUT2D eigenvalue weighted by atomic mass is 32.2. The van der Waals surface area contributed by atoms with Crippen molar-refractivity contribution in [3.8, 4) is 0 Å². The number of rotatable bonds is 15. The molecule has 1 aliphatic heterocycles. The number of thioether (sulfide) groups is 2. The fraction of sp³-hybridized carbons (Fsp3) is 0.679. The molecule has 2 aromatic heterocycles. The van der Waals surface area contributed by atoms with E-state index in [1.165, 1.54) is 11.8 Å². The Morgan fingerprint density at radius 1 is 0.767 bits per heavy atom. The van der Waals surface area contributed by atoms with Crippen LogP contribution in [-0.2, 0) is 23.6 Å². The zero-order valence-electron chi connectivity index (χ0n) is 24.5. The first kappa shape index (κ1) is 37.2. The Hall–Kier alpha value is -1.97. The maximum atomic E-state index is 13.1. The van der Waals surface area contributed by atoms with E-state index >= 15 is 0 Å². The van der Waals surface area contributed by atoms with Crippen molar-refractivity contribution < 1.29 is 35.9 Å². The summed E-state index contributed by atoms with van der Waals surface area (Å²) in [5, 5.41) is 0.234. The standard InChI is InChI=1S/C16H24F3N3OS.C12H15F3N2OS/c1-2-3-4-5-10-24-15-20-13(11-14(21-15)16(17,18)19)12-22-6-8-23-9-7-22;1-2-3-4-5-6-19-11-16-9(8-18)7-10(17-11)12(13,14)15/h11H,2-10,12H2,1H3;7-8H,2-6H2,1H3. The smallest absolute Gasteiger partial charge is 0.379 e. The molecule has 0 saturated carbocycles. The summed E-state index contributed by atoms with van der Waals surface area (Å²) in [6, 6.07) is 1.73. The number of hydrogen-bond donors (Lipinski definition) is 0. The van der Waals surface area contributed by atoms with E-state index in [1.807, 2.05) is 0 Å². The Bertz CT molecular complexity index is 1100. The molecule has 43 heavy (non-hydrogen) atoms. The predicted molar refractivity (Wildman–Crippen MR) is 155 cm³/mol. The third-order valence-electron chi connectivity index (χ3n) is 6.13. The summed E-state index contributed by atoms with van der Waals surface area (Å²) in [7, 11) is 0. The summed E-state index contributed by atoms with van der Waals surface area (Å²) in [5.74, 6) is 1.40. The predicted octanol–water partition coefficient (Wildman–Crippen LogP) is 7.98. The first-order valence-electron chi connectivity index (χ1n) is 14.4. The van der Waals surface area contributed by atoms with E-state index < -0.39 is 23.7 Å². The van der Waals surface area contributed by atoms with Crippen molar-refractivity contribution >= 4 is 29.8 Å². The molecule has 1 fully saturated rings. The zero-order valence-corrected chi connectivity index (χ0v) is 26.1. The lowest BCUT2D eigenvalue weighted by molar-refractivity contribution is -0.142. The lowest BCUT2D eigenvalue weighted by Gasteiger charge is -2.26. The molecule has 3 heterocycles. The normalized spacial score (nSPS) is 14.3. The molecule has 0 amide bonds. The van der Waals surface area contributed by atoms with Crippen LogP contribution in [0.25, 0.3) is 0 Å². The lowest BCUT2D eigenvalue weighted by atomic mass is 10.2. The molecule has 2 aromatic rings. The Labute approximate surface area is 257 Å². The molecule has 0 unspecified atom stereocenters. The minimum Gasteiger partial charge on any atom is -0.379 e. The van der Waals surface area contributed by atoms with Gasteiger partial charge in [0.25, 0.3) is 0 Å². The maximum absolute atomic E-state index is 13.1. The second-order valence-corrected chi connectivity index (χ2v) is 11.9. The summed E-state index contributed by atoms with van der Waals surface area (Å²) in [4.78, 5) is 27.9. The highest BCUT2D eigenvalue weighted by Gasteiger charge is 2.34. The van der Waals surface area contributed by atoms with Crippen LogP contribution in [-0.4, -0.2) is 68.9 Å². The molecule has 15 heteroatoms. The number of morpholine rings is 1. The van der Waals surface area contributed by atoms with Crippen LogP contribution in [0.15, 0.2) is 22.4 Å². The second-order valence-electron chi connectivity index (χ2n) is 9.81. The van der Waals surface area contributed by atoms with Gasteiger partial charge in [0.05, 0.1) is 18.9 Å². The van der Waals surface area contributed by atoms with Gasteiger partial charge in [-0.25, -0.2) is 19.9 Å². The molecule has 0 spiro atoms. The van der Waals surface area contributed by atoms with E-state index in [0.29, 0.717) is 56.6 Å². The Morgan fingerprint density at radius 2 is 1.28 bits per heavy atom. The number of alkyl halides is 6. The molecule has 0 aliphatic carbocycles. The van der Waals surface area contributed by atoms with Crippen LogP contribution in [0.1, 0.15) is 92.8 Å². The van der Waals surface area contributed by atoms with Crippen LogP contribution < -0.4 is 0 Å². The molecular formula is C28H39F6N5O2S2. The summed E-state index contributed by atoms with van der Waals surface area (Å²) in [6.45, 7) is 7.25. The first-order chi connectivity index (χ1) is 20.5. The van der Waals surface area contributed by atoms with Crippen LogP contribution in [0.2, 0.25) is 0 Å². The van der Waals surface area contributed by atoms with Crippen LogP contribution in [0.3, 0.4) is 0 Å². The summed E-state index contributed by atoms with van der Waals surface area (Å²) in [5.41, 5.74) is -1.73. The van der Waals surface area contributed by atoms with E-state index in [-0.39, 0.29) is 16.0 Å². The van der Waals surface area contributed by atoms with E-state index in [9.17, 15) is 31.1 Å².